The maximum Gasteiger partial charge on any atom is 0.242 e. The van der Waals surface area contributed by atoms with Crippen LogP contribution in [-0.4, -0.2) is 46.4 Å². The fourth-order valence-electron chi connectivity index (χ4n) is 3.57. The molecule has 31 heavy (non-hydrogen) atoms. The van der Waals surface area contributed by atoms with Crippen molar-refractivity contribution in [2.24, 2.45) is 0 Å². The molecule has 164 valence electrons. The molecule has 2 aromatic carbocycles. The van der Waals surface area contributed by atoms with Crippen molar-refractivity contribution in [3.05, 3.63) is 66.0 Å². The second-order valence-electron chi connectivity index (χ2n) is 7.86. The minimum absolute atomic E-state index is 0.0295. The van der Waals surface area contributed by atoms with Gasteiger partial charge in [-0.1, -0.05) is 55.8 Å². The zero-order valence-electron chi connectivity index (χ0n) is 18.5. The average molecular weight is 421 g/mol. The first-order chi connectivity index (χ1) is 15.1. The predicted octanol–water partition coefficient (Wildman–Crippen LogP) is 3.59. The lowest BCUT2D eigenvalue weighted by Gasteiger charge is -2.18. The number of likely N-dealkylation sites (N-methyl/N-ethyl adjacent to an activating group) is 1. The predicted molar refractivity (Wildman–Crippen MR) is 124 cm³/mol. The second-order valence-corrected chi connectivity index (χ2v) is 7.86. The molecule has 0 fully saturated rings. The van der Waals surface area contributed by atoms with Crippen molar-refractivity contribution < 1.29 is 9.59 Å². The Morgan fingerprint density at radius 1 is 1.03 bits per heavy atom. The lowest BCUT2D eigenvalue weighted by Crippen LogP contribution is -2.32. The Kier molecular flexibility index (Phi) is 8.21. The minimum atomic E-state index is 0.0295. The van der Waals surface area contributed by atoms with Gasteiger partial charge in [0.2, 0.25) is 11.8 Å². The van der Waals surface area contributed by atoms with Crippen LogP contribution in [-0.2, 0) is 29.0 Å². The maximum absolute atomic E-state index is 12.7. The first-order valence-corrected chi connectivity index (χ1v) is 11.1. The van der Waals surface area contributed by atoms with Gasteiger partial charge in [-0.25, -0.2) is 4.98 Å². The molecule has 0 spiro atoms. The molecule has 1 heterocycles. The molecule has 0 saturated heterocycles. The molecule has 0 unspecified atom stereocenters. The van der Waals surface area contributed by atoms with Crippen molar-refractivity contribution in [1.29, 1.82) is 0 Å². The van der Waals surface area contributed by atoms with Gasteiger partial charge in [0.1, 0.15) is 12.4 Å². The lowest BCUT2D eigenvalue weighted by atomic mass is 10.1. The third-order valence-corrected chi connectivity index (χ3v) is 5.45. The minimum Gasteiger partial charge on any atom is -0.356 e. The van der Waals surface area contributed by atoms with Gasteiger partial charge in [-0.3, -0.25) is 9.59 Å². The topological polar surface area (TPSA) is 67.2 Å². The average Bonchev–Trinajstić information content (AvgIpc) is 3.14. The van der Waals surface area contributed by atoms with Crippen LogP contribution in [0.1, 0.15) is 37.6 Å². The van der Waals surface area contributed by atoms with Crippen molar-refractivity contribution in [3.8, 4) is 0 Å². The van der Waals surface area contributed by atoms with Crippen molar-refractivity contribution in [1.82, 2.24) is 19.8 Å². The van der Waals surface area contributed by atoms with Gasteiger partial charge >= 0.3 is 0 Å². The Hall–Kier alpha value is -3.15. The van der Waals surface area contributed by atoms with Gasteiger partial charge in [0.15, 0.2) is 0 Å². The van der Waals surface area contributed by atoms with Gasteiger partial charge in [-0.15, -0.1) is 0 Å². The number of nitrogens with one attached hydrogen (secondary N) is 1. The van der Waals surface area contributed by atoms with Gasteiger partial charge in [0, 0.05) is 33.0 Å². The third kappa shape index (κ3) is 6.41. The number of aryl methyl sites for hydroxylation is 1. The monoisotopic (exact) mass is 420 g/mol. The van der Waals surface area contributed by atoms with Crippen LogP contribution in [0.2, 0.25) is 0 Å². The summed E-state index contributed by atoms with van der Waals surface area (Å²) < 4.78 is 1.98. The number of carbonyl (C=O) groups excluding carboxylic acids is 2. The summed E-state index contributed by atoms with van der Waals surface area (Å²) in [5.41, 5.74) is 2.98. The highest BCUT2D eigenvalue weighted by atomic mass is 16.2. The fraction of sp³-hybridized carbons (Fsp3) is 0.400. The fourth-order valence-corrected chi connectivity index (χ4v) is 3.57. The molecule has 0 radical (unpaired) electrons. The molecule has 6 heteroatoms. The Bertz CT molecular complexity index is 997. The number of benzene rings is 2. The van der Waals surface area contributed by atoms with Gasteiger partial charge in [0.25, 0.3) is 0 Å². The van der Waals surface area contributed by atoms with Crippen LogP contribution < -0.4 is 5.32 Å². The van der Waals surface area contributed by atoms with E-state index in [-0.39, 0.29) is 18.4 Å². The van der Waals surface area contributed by atoms with E-state index >= 15 is 0 Å². The Labute approximate surface area is 184 Å². The summed E-state index contributed by atoms with van der Waals surface area (Å²) >= 11 is 0. The molecule has 0 aliphatic heterocycles. The molecule has 0 saturated carbocycles. The Morgan fingerprint density at radius 2 is 1.77 bits per heavy atom. The van der Waals surface area contributed by atoms with E-state index in [4.69, 9.17) is 4.98 Å². The van der Waals surface area contributed by atoms with E-state index in [2.05, 4.69) is 12.2 Å². The van der Waals surface area contributed by atoms with Gasteiger partial charge in [0.05, 0.1) is 11.0 Å². The van der Waals surface area contributed by atoms with E-state index in [1.807, 2.05) is 66.2 Å². The second kappa shape index (κ2) is 11.3. The molecule has 2 amide bonds. The highest BCUT2D eigenvalue weighted by Crippen LogP contribution is 2.17. The number of rotatable bonds is 11. The highest BCUT2D eigenvalue weighted by Gasteiger charge is 2.16. The number of imidazole rings is 1. The molecule has 3 rings (SSSR count). The molecular formula is C25H32N4O2. The standard InChI is InChI=1S/C25H32N4O2/c1-3-4-18-28(2)25(31)19-29-22-13-9-8-12-21(22)27-23(29)16-17-26-24(30)15-14-20-10-6-5-7-11-20/h5-13H,3-4,14-19H2,1-2H3,(H,26,30). The SMILES string of the molecule is CCCCN(C)C(=O)Cn1c(CCNC(=O)CCc2ccccc2)nc2ccccc21. The van der Waals surface area contributed by atoms with Crippen LogP contribution in [0.3, 0.4) is 0 Å². The first kappa shape index (κ1) is 22.5. The number of fused-ring (bicyclic) bond motifs is 1. The molecule has 0 bridgehead atoms. The van der Waals surface area contributed by atoms with Crippen molar-refractivity contribution in [2.75, 3.05) is 20.1 Å². The number of unbranched alkanes of at least 4 members (excludes halogenated alkanes) is 1. The summed E-state index contributed by atoms with van der Waals surface area (Å²) in [7, 11) is 1.85. The van der Waals surface area contributed by atoms with Gasteiger partial charge in [-0.2, -0.15) is 0 Å². The van der Waals surface area contributed by atoms with Crippen molar-refractivity contribution in [2.45, 2.75) is 45.6 Å². The van der Waals surface area contributed by atoms with Crippen molar-refractivity contribution >= 4 is 22.8 Å². The number of aromatic nitrogens is 2. The van der Waals surface area contributed by atoms with Gasteiger partial charge < -0.3 is 14.8 Å². The van der Waals surface area contributed by atoms with Crippen LogP contribution in [0.15, 0.2) is 54.6 Å². The van der Waals surface area contributed by atoms with E-state index < -0.39 is 0 Å². The Balaban J connectivity index is 1.60. The number of carbonyl (C=O) groups is 2. The highest BCUT2D eigenvalue weighted by molar-refractivity contribution is 5.81. The number of hydrogen-bond acceptors (Lipinski definition) is 3. The molecule has 6 nitrogen and oxygen atoms in total. The third-order valence-electron chi connectivity index (χ3n) is 5.45. The van der Waals surface area contributed by atoms with Crippen molar-refractivity contribution in [3.63, 3.8) is 0 Å². The van der Waals surface area contributed by atoms with Crippen LogP contribution >= 0.6 is 0 Å². The molecular weight excluding hydrogens is 388 g/mol. The molecule has 1 N–H and O–H groups in total. The van der Waals surface area contributed by atoms with E-state index in [0.29, 0.717) is 19.4 Å². The number of amides is 2. The summed E-state index contributed by atoms with van der Waals surface area (Å²) in [4.78, 5) is 31.5. The van der Waals surface area contributed by atoms with E-state index in [0.717, 1.165) is 48.2 Å². The van der Waals surface area contributed by atoms with Crippen LogP contribution in [0.25, 0.3) is 11.0 Å². The van der Waals surface area contributed by atoms with E-state index in [1.54, 1.807) is 4.90 Å². The molecule has 0 aliphatic carbocycles. The summed E-state index contributed by atoms with van der Waals surface area (Å²) in [6, 6.07) is 17.9. The molecule has 0 atom stereocenters. The summed E-state index contributed by atoms with van der Waals surface area (Å²) in [5.74, 6) is 0.924. The van der Waals surface area contributed by atoms with Gasteiger partial charge in [-0.05, 0) is 30.5 Å². The summed E-state index contributed by atoms with van der Waals surface area (Å²) in [6.45, 7) is 3.64. The van der Waals surface area contributed by atoms with E-state index in [9.17, 15) is 9.59 Å². The van der Waals surface area contributed by atoms with Crippen LogP contribution in [0, 0.1) is 0 Å². The number of nitrogens with zero attached hydrogens (tertiary/aromatic N) is 3. The zero-order valence-corrected chi connectivity index (χ0v) is 18.5. The number of para-hydroxylation sites is 2. The zero-order chi connectivity index (χ0) is 22.1. The largest absolute Gasteiger partial charge is 0.356 e. The quantitative estimate of drug-likeness (QED) is 0.516. The van der Waals surface area contributed by atoms with Crippen LogP contribution in [0.4, 0.5) is 0 Å². The normalized spacial score (nSPS) is 10.9. The molecule has 3 aromatic rings. The summed E-state index contributed by atoms with van der Waals surface area (Å²) in [5, 5.41) is 2.99. The maximum atomic E-state index is 12.7. The molecule has 0 aliphatic rings. The smallest absolute Gasteiger partial charge is 0.242 e. The lowest BCUT2D eigenvalue weighted by molar-refractivity contribution is -0.130. The number of hydrogen-bond donors (Lipinski definition) is 1. The first-order valence-electron chi connectivity index (χ1n) is 11.1. The summed E-state index contributed by atoms with van der Waals surface area (Å²) in [6.07, 6.45) is 3.82. The van der Waals surface area contributed by atoms with E-state index in [1.165, 1.54) is 0 Å². The molecule has 1 aromatic heterocycles. The van der Waals surface area contributed by atoms with Crippen LogP contribution in [0.5, 0.6) is 0 Å². The Morgan fingerprint density at radius 3 is 2.55 bits per heavy atom.